The highest BCUT2D eigenvalue weighted by Crippen LogP contribution is 2.24. The van der Waals surface area contributed by atoms with E-state index in [1.54, 1.807) is 0 Å². The summed E-state index contributed by atoms with van der Waals surface area (Å²) in [5.41, 5.74) is 11.4. The zero-order valence-electron chi connectivity index (χ0n) is 9.75. The van der Waals surface area contributed by atoms with Crippen LogP contribution in [0.5, 0.6) is 0 Å². The fourth-order valence-corrected chi connectivity index (χ4v) is 1.85. The number of benzene rings is 1. The summed E-state index contributed by atoms with van der Waals surface area (Å²) in [5, 5.41) is 7.38. The van der Waals surface area contributed by atoms with Gasteiger partial charge in [0.05, 0.1) is 5.69 Å². The standard InChI is InChI=1S/C13H17N3/c1-9-3-5-11(6-4-9)13-12(7-8-14)10(2)15-16-13/h3-6H,7-8,14H2,1-2H3,(H,15,16). The van der Waals surface area contributed by atoms with Gasteiger partial charge in [0.2, 0.25) is 0 Å². The molecule has 84 valence electrons. The molecule has 0 amide bonds. The summed E-state index contributed by atoms with van der Waals surface area (Å²) in [6, 6.07) is 8.41. The van der Waals surface area contributed by atoms with Crippen molar-refractivity contribution in [1.82, 2.24) is 10.2 Å². The van der Waals surface area contributed by atoms with Crippen LogP contribution >= 0.6 is 0 Å². The molecule has 0 aliphatic rings. The number of aryl methyl sites for hydroxylation is 2. The van der Waals surface area contributed by atoms with Crippen molar-refractivity contribution >= 4 is 0 Å². The van der Waals surface area contributed by atoms with Crippen LogP contribution in [0, 0.1) is 13.8 Å². The Morgan fingerprint density at radius 2 is 1.88 bits per heavy atom. The van der Waals surface area contributed by atoms with E-state index in [1.165, 1.54) is 11.1 Å². The monoisotopic (exact) mass is 215 g/mol. The molecule has 0 aliphatic heterocycles. The molecule has 1 aromatic carbocycles. The Balaban J connectivity index is 2.43. The van der Waals surface area contributed by atoms with Crippen molar-refractivity contribution in [2.45, 2.75) is 20.3 Å². The number of hydrogen-bond donors (Lipinski definition) is 2. The number of hydrogen-bond acceptors (Lipinski definition) is 2. The summed E-state index contributed by atoms with van der Waals surface area (Å²) in [5.74, 6) is 0. The van der Waals surface area contributed by atoms with Crippen LogP contribution in [0.1, 0.15) is 16.8 Å². The quantitative estimate of drug-likeness (QED) is 0.824. The molecule has 0 unspecified atom stereocenters. The van der Waals surface area contributed by atoms with Gasteiger partial charge in [-0.25, -0.2) is 0 Å². The maximum absolute atomic E-state index is 5.62. The van der Waals surface area contributed by atoms with Crippen molar-refractivity contribution in [3.05, 3.63) is 41.1 Å². The average Bonchev–Trinajstić information content (AvgIpc) is 2.63. The number of nitrogens with two attached hydrogens (primary N) is 1. The molecule has 1 aromatic heterocycles. The topological polar surface area (TPSA) is 54.7 Å². The van der Waals surface area contributed by atoms with Crippen LogP contribution in [0.15, 0.2) is 24.3 Å². The van der Waals surface area contributed by atoms with E-state index in [0.29, 0.717) is 6.54 Å². The molecule has 1 heterocycles. The average molecular weight is 215 g/mol. The first-order chi connectivity index (χ1) is 7.72. The molecule has 3 heteroatoms. The minimum Gasteiger partial charge on any atom is -0.330 e. The van der Waals surface area contributed by atoms with Crippen LogP contribution < -0.4 is 5.73 Å². The molecule has 0 fully saturated rings. The Morgan fingerprint density at radius 1 is 1.19 bits per heavy atom. The predicted molar refractivity (Wildman–Crippen MR) is 66.3 cm³/mol. The van der Waals surface area contributed by atoms with Crippen molar-refractivity contribution in [1.29, 1.82) is 0 Å². The molecule has 16 heavy (non-hydrogen) atoms. The highest BCUT2D eigenvalue weighted by Gasteiger charge is 2.10. The summed E-state index contributed by atoms with van der Waals surface area (Å²) >= 11 is 0. The molecule has 3 N–H and O–H groups in total. The summed E-state index contributed by atoms with van der Waals surface area (Å²) in [4.78, 5) is 0. The molecule has 2 aromatic rings. The zero-order chi connectivity index (χ0) is 11.5. The Bertz CT molecular complexity index is 468. The molecule has 3 nitrogen and oxygen atoms in total. The molecular formula is C13H17N3. The number of nitrogens with one attached hydrogen (secondary N) is 1. The maximum Gasteiger partial charge on any atom is 0.0955 e. The lowest BCUT2D eigenvalue weighted by atomic mass is 10.0. The molecule has 0 aliphatic carbocycles. The van der Waals surface area contributed by atoms with Gasteiger partial charge in [0.25, 0.3) is 0 Å². The molecule has 2 rings (SSSR count). The molecular weight excluding hydrogens is 198 g/mol. The van der Waals surface area contributed by atoms with Crippen molar-refractivity contribution in [2.24, 2.45) is 5.73 Å². The van der Waals surface area contributed by atoms with Crippen molar-refractivity contribution in [2.75, 3.05) is 6.54 Å². The lowest BCUT2D eigenvalue weighted by Crippen LogP contribution is -2.04. The first-order valence-corrected chi connectivity index (χ1v) is 5.53. The van der Waals surface area contributed by atoms with E-state index in [1.807, 2.05) is 6.92 Å². The predicted octanol–water partition coefficient (Wildman–Crippen LogP) is 2.19. The molecule has 0 saturated carbocycles. The molecule has 0 saturated heterocycles. The van der Waals surface area contributed by atoms with Crippen LogP contribution in [0.4, 0.5) is 0 Å². The van der Waals surface area contributed by atoms with Gasteiger partial charge in [-0.2, -0.15) is 5.10 Å². The minimum atomic E-state index is 0.652. The Labute approximate surface area is 95.7 Å². The molecule has 0 spiro atoms. The van der Waals surface area contributed by atoms with Gasteiger partial charge in [-0.1, -0.05) is 29.8 Å². The molecule has 0 atom stereocenters. The van der Waals surface area contributed by atoms with Gasteiger partial charge >= 0.3 is 0 Å². The number of aromatic nitrogens is 2. The summed E-state index contributed by atoms with van der Waals surface area (Å²) in [6.07, 6.45) is 0.867. The van der Waals surface area contributed by atoms with Gasteiger partial charge in [-0.15, -0.1) is 0 Å². The fraction of sp³-hybridized carbons (Fsp3) is 0.308. The second kappa shape index (κ2) is 4.49. The lowest BCUT2D eigenvalue weighted by molar-refractivity contribution is 0.957. The highest BCUT2D eigenvalue weighted by atomic mass is 15.1. The highest BCUT2D eigenvalue weighted by molar-refractivity contribution is 5.64. The zero-order valence-corrected chi connectivity index (χ0v) is 9.75. The second-order valence-corrected chi connectivity index (χ2v) is 4.08. The van der Waals surface area contributed by atoms with Gasteiger partial charge in [0, 0.05) is 16.8 Å². The number of nitrogens with zero attached hydrogens (tertiary/aromatic N) is 1. The smallest absolute Gasteiger partial charge is 0.0955 e. The Morgan fingerprint density at radius 3 is 2.50 bits per heavy atom. The Hall–Kier alpha value is -1.61. The summed E-state index contributed by atoms with van der Waals surface area (Å²) in [6.45, 7) is 4.77. The van der Waals surface area contributed by atoms with Crippen LogP contribution in [-0.2, 0) is 6.42 Å². The van der Waals surface area contributed by atoms with E-state index in [0.717, 1.165) is 23.4 Å². The van der Waals surface area contributed by atoms with Crippen molar-refractivity contribution < 1.29 is 0 Å². The summed E-state index contributed by atoms with van der Waals surface area (Å²) in [7, 11) is 0. The van der Waals surface area contributed by atoms with E-state index in [-0.39, 0.29) is 0 Å². The van der Waals surface area contributed by atoms with Gasteiger partial charge in [0.1, 0.15) is 0 Å². The minimum absolute atomic E-state index is 0.652. The first kappa shape index (κ1) is 10.9. The molecule has 0 radical (unpaired) electrons. The van der Waals surface area contributed by atoms with E-state index in [2.05, 4.69) is 41.4 Å². The fourth-order valence-electron chi connectivity index (χ4n) is 1.85. The summed E-state index contributed by atoms with van der Waals surface area (Å²) < 4.78 is 0. The SMILES string of the molecule is Cc1ccc(-c2n[nH]c(C)c2CCN)cc1. The lowest BCUT2D eigenvalue weighted by Gasteiger charge is -2.02. The molecule has 0 bridgehead atoms. The van der Waals surface area contributed by atoms with E-state index >= 15 is 0 Å². The number of aromatic amines is 1. The largest absolute Gasteiger partial charge is 0.330 e. The van der Waals surface area contributed by atoms with E-state index in [4.69, 9.17) is 5.73 Å². The van der Waals surface area contributed by atoms with Crippen molar-refractivity contribution in [3.8, 4) is 11.3 Å². The normalized spacial score (nSPS) is 10.7. The van der Waals surface area contributed by atoms with Crippen LogP contribution in [0.3, 0.4) is 0 Å². The maximum atomic E-state index is 5.62. The third-order valence-electron chi connectivity index (χ3n) is 2.79. The van der Waals surface area contributed by atoms with E-state index in [9.17, 15) is 0 Å². The van der Waals surface area contributed by atoms with Crippen LogP contribution in [-0.4, -0.2) is 16.7 Å². The Kier molecular flexibility index (Phi) is 3.06. The second-order valence-electron chi connectivity index (χ2n) is 4.08. The van der Waals surface area contributed by atoms with Gasteiger partial charge in [0.15, 0.2) is 0 Å². The third-order valence-corrected chi connectivity index (χ3v) is 2.79. The number of H-pyrrole nitrogens is 1. The number of rotatable bonds is 3. The first-order valence-electron chi connectivity index (χ1n) is 5.53. The van der Waals surface area contributed by atoms with Crippen LogP contribution in [0.25, 0.3) is 11.3 Å². The van der Waals surface area contributed by atoms with Gasteiger partial charge in [-0.3, -0.25) is 5.10 Å². The van der Waals surface area contributed by atoms with E-state index < -0.39 is 0 Å². The third kappa shape index (κ3) is 1.99. The van der Waals surface area contributed by atoms with Gasteiger partial charge in [-0.05, 0) is 26.8 Å². The van der Waals surface area contributed by atoms with Crippen LogP contribution in [0.2, 0.25) is 0 Å². The van der Waals surface area contributed by atoms with Gasteiger partial charge < -0.3 is 5.73 Å². The van der Waals surface area contributed by atoms with Crippen molar-refractivity contribution in [3.63, 3.8) is 0 Å².